The fourth-order valence-corrected chi connectivity index (χ4v) is 3.10. The number of hydrogen-bond donors (Lipinski definition) is 0. The molecule has 2 aliphatic rings. The second kappa shape index (κ2) is 5.16. The molecule has 0 N–H and O–H groups in total. The number of aromatic nitrogens is 1. The van der Waals surface area contributed by atoms with E-state index in [1.165, 1.54) is 24.0 Å². The fourth-order valence-electron chi connectivity index (χ4n) is 3.10. The van der Waals surface area contributed by atoms with Gasteiger partial charge >= 0.3 is 0 Å². The summed E-state index contributed by atoms with van der Waals surface area (Å²) in [6.45, 7) is 3.52. The molecule has 1 aliphatic carbocycles. The molecule has 0 bridgehead atoms. The molecular formula is C16H20N2O. The van der Waals surface area contributed by atoms with Crippen molar-refractivity contribution >= 4 is 5.91 Å². The van der Waals surface area contributed by atoms with Crippen molar-refractivity contribution in [2.75, 3.05) is 6.54 Å². The van der Waals surface area contributed by atoms with Gasteiger partial charge in [0, 0.05) is 37.0 Å². The van der Waals surface area contributed by atoms with E-state index in [2.05, 4.69) is 11.1 Å². The first-order valence-corrected chi connectivity index (χ1v) is 7.16. The van der Waals surface area contributed by atoms with Gasteiger partial charge in [-0.1, -0.05) is 11.6 Å². The average molecular weight is 256 g/mol. The summed E-state index contributed by atoms with van der Waals surface area (Å²) >= 11 is 0. The van der Waals surface area contributed by atoms with Crippen LogP contribution >= 0.6 is 0 Å². The molecule has 1 aliphatic heterocycles. The number of carbonyl (C=O) groups excluding carboxylic acids is 1. The van der Waals surface area contributed by atoms with Crippen molar-refractivity contribution in [2.24, 2.45) is 0 Å². The third-order valence-corrected chi connectivity index (χ3v) is 4.31. The van der Waals surface area contributed by atoms with Crippen LogP contribution in [0.25, 0.3) is 0 Å². The Balaban J connectivity index is 1.78. The number of carbonyl (C=O) groups is 1. The normalized spacial score (nSPS) is 18.4. The van der Waals surface area contributed by atoms with Gasteiger partial charge in [-0.05, 0) is 44.2 Å². The minimum atomic E-state index is 0.228. The van der Waals surface area contributed by atoms with E-state index < -0.39 is 0 Å². The Morgan fingerprint density at radius 1 is 1.26 bits per heavy atom. The molecule has 19 heavy (non-hydrogen) atoms. The molecule has 1 aromatic heterocycles. The SMILES string of the molecule is CC(C(=O)N1CCc2ncccc2C1)=C1CCCC1. The predicted octanol–water partition coefficient (Wildman–Crippen LogP) is 2.86. The summed E-state index contributed by atoms with van der Waals surface area (Å²) in [6, 6.07) is 4.04. The molecule has 1 aromatic rings. The first kappa shape index (κ1) is 12.4. The zero-order valence-corrected chi connectivity index (χ0v) is 11.5. The standard InChI is InChI=1S/C16H20N2O/c1-12(13-5-2-3-6-13)16(19)18-10-8-15-14(11-18)7-4-9-17-15/h4,7,9H,2-3,5-6,8,10-11H2,1H3. The summed E-state index contributed by atoms with van der Waals surface area (Å²) in [5.74, 6) is 0.228. The number of amides is 1. The zero-order valence-electron chi connectivity index (χ0n) is 11.5. The molecule has 3 rings (SSSR count). The maximum atomic E-state index is 12.5. The Morgan fingerprint density at radius 3 is 2.84 bits per heavy atom. The summed E-state index contributed by atoms with van der Waals surface area (Å²) in [7, 11) is 0. The summed E-state index contributed by atoms with van der Waals surface area (Å²) in [6.07, 6.45) is 7.43. The van der Waals surface area contributed by atoms with Crippen molar-refractivity contribution in [3.8, 4) is 0 Å². The lowest BCUT2D eigenvalue weighted by molar-refractivity contribution is -0.128. The molecule has 3 heteroatoms. The number of nitrogens with zero attached hydrogens (tertiary/aromatic N) is 2. The first-order chi connectivity index (χ1) is 9.25. The Kier molecular flexibility index (Phi) is 3.36. The van der Waals surface area contributed by atoms with Crippen LogP contribution in [-0.4, -0.2) is 22.3 Å². The summed E-state index contributed by atoms with van der Waals surface area (Å²) in [4.78, 5) is 18.9. The van der Waals surface area contributed by atoms with Crippen molar-refractivity contribution in [3.05, 3.63) is 40.7 Å². The van der Waals surface area contributed by atoms with Crippen LogP contribution in [0.4, 0.5) is 0 Å². The van der Waals surface area contributed by atoms with Gasteiger partial charge in [0.15, 0.2) is 0 Å². The van der Waals surface area contributed by atoms with Gasteiger partial charge in [0.05, 0.1) is 0 Å². The monoisotopic (exact) mass is 256 g/mol. The number of hydrogen-bond acceptors (Lipinski definition) is 2. The van der Waals surface area contributed by atoms with Gasteiger partial charge < -0.3 is 4.90 Å². The van der Waals surface area contributed by atoms with Crippen LogP contribution in [0.1, 0.15) is 43.9 Å². The van der Waals surface area contributed by atoms with E-state index in [0.29, 0.717) is 6.54 Å². The highest BCUT2D eigenvalue weighted by Gasteiger charge is 2.24. The molecule has 0 aromatic carbocycles. The van der Waals surface area contributed by atoms with Crippen LogP contribution in [-0.2, 0) is 17.8 Å². The van der Waals surface area contributed by atoms with Crippen molar-refractivity contribution in [1.29, 1.82) is 0 Å². The van der Waals surface area contributed by atoms with E-state index in [-0.39, 0.29) is 5.91 Å². The minimum Gasteiger partial charge on any atom is -0.334 e. The van der Waals surface area contributed by atoms with E-state index in [0.717, 1.165) is 37.1 Å². The molecule has 1 saturated carbocycles. The first-order valence-electron chi connectivity index (χ1n) is 7.16. The Morgan fingerprint density at radius 2 is 2.05 bits per heavy atom. The van der Waals surface area contributed by atoms with E-state index >= 15 is 0 Å². The molecule has 0 saturated heterocycles. The average Bonchev–Trinajstić information content (AvgIpc) is 2.99. The molecular weight excluding hydrogens is 236 g/mol. The van der Waals surface area contributed by atoms with Gasteiger partial charge in [0.1, 0.15) is 0 Å². The van der Waals surface area contributed by atoms with Crippen molar-refractivity contribution in [3.63, 3.8) is 0 Å². The molecule has 0 spiro atoms. The topological polar surface area (TPSA) is 33.2 Å². The molecule has 100 valence electrons. The molecule has 3 nitrogen and oxygen atoms in total. The number of allylic oxidation sites excluding steroid dienone is 1. The van der Waals surface area contributed by atoms with Crippen molar-refractivity contribution < 1.29 is 4.79 Å². The van der Waals surface area contributed by atoms with Gasteiger partial charge in [-0.15, -0.1) is 0 Å². The van der Waals surface area contributed by atoms with Crippen LogP contribution in [0.2, 0.25) is 0 Å². The maximum Gasteiger partial charge on any atom is 0.249 e. The fraction of sp³-hybridized carbons (Fsp3) is 0.500. The number of rotatable bonds is 1. The van der Waals surface area contributed by atoms with Crippen LogP contribution in [0.3, 0.4) is 0 Å². The Hall–Kier alpha value is -1.64. The van der Waals surface area contributed by atoms with Crippen LogP contribution in [0, 0.1) is 0 Å². The van der Waals surface area contributed by atoms with Crippen molar-refractivity contribution in [1.82, 2.24) is 9.88 Å². The van der Waals surface area contributed by atoms with Crippen LogP contribution in [0.15, 0.2) is 29.5 Å². The lowest BCUT2D eigenvalue weighted by Crippen LogP contribution is -2.37. The molecule has 0 radical (unpaired) electrons. The zero-order chi connectivity index (χ0) is 13.2. The molecule has 0 atom stereocenters. The Bertz CT molecular complexity index is 525. The third kappa shape index (κ3) is 2.42. The number of pyridine rings is 1. The van der Waals surface area contributed by atoms with E-state index in [9.17, 15) is 4.79 Å². The lowest BCUT2D eigenvalue weighted by atomic mass is 10.0. The third-order valence-electron chi connectivity index (χ3n) is 4.31. The van der Waals surface area contributed by atoms with Gasteiger partial charge in [0.2, 0.25) is 5.91 Å². The second-order valence-electron chi connectivity index (χ2n) is 5.52. The Labute approximate surface area is 114 Å². The molecule has 2 heterocycles. The highest BCUT2D eigenvalue weighted by atomic mass is 16.2. The van der Waals surface area contributed by atoms with Crippen molar-refractivity contribution in [2.45, 2.75) is 45.6 Å². The number of fused-ring (bicyclic) bond motifs is 1. The summed E-state index contributed by atoms with van der Waals surface area (Å²) < 4.78 is 0. The molecule has 0 unspecified atom stereocenters. The highest BCUT2D eigenvalue weighted by Crippen LogP contribution is 2.28. The summed E-state index contributed by atoms with van der Waals surface area (Å²) in [5, 5.41) is 0. The van der Waals surface area contributed by atoms with Gasteiger partial charge in [0.25, 0.3) is 0 Å². The molecule has 1 amide bonds. The maximum absolute atomic E-state index is 12.5. The van der Waals surface area contributed by atoms with Crippen LogP contribution in [0.5, 0.6) is 0 Å². The van der Waals surface area contributed by atoms with Crippen LogP contribution < -0.4 is 0 Å². The van der Waals surface area contributed by atoms with Gasteiger partial charge in [-0.2, -0.15) is 0 Å². The second-order valence-corrected chi connectivity index (χ2v) is 5.52. The summed E-state index contributed by atoms with van der Waals surface area (Å²) in [5.41, 5.74) is 4.72. The van der Waals surface area contributed by atoms with E-state index in [1.807, 2.05) is 24.1 Å². The van der Waals surface area contributed by atoms with E-state index in [1.54, 1.807) is 0 Å². The predicted molar refractivity (Wildman–Crippen MR) is 74.5 cm³/mol. The minimum absolute atomic E-state index is 0.228. The molecule has 1 fully saturated rings. The van der Waals surface area contributed by atoms with E-state index in [4.69, 9.17) is 0 Å². The highest BCUT2D eigenvalue weighted by molar-refractivity contribution is 5.93. The lowest BCUT2D eigenvalue weighted by Gasteiger charge is -2.29. The quantitative estimate of drug-likeness (QED) is 0.724. The smallest absolute Gasteiger partial charge is 0.249 e. The largest absolute Gasteiger partial charge is 0.334 e. The van der Waals surface area contributed by atoms with Gasteiger partial charge in [-0.3, -0.25) is 9.78 Å². The van der Waals surface area contributed by atoms with Gasteiger partial charge in [-0.25, -0.2) is 0 Å².